The van der Waals surface area contributed by atoms with E-state index in [1.54, 1.807) is 6.07 Å². The Kier molecular flexibility index (Phi) is 4.79. The van der Waals surface area contributed by atoms with Crippen LogP contribution >= 0.6 is 0 Å². The van der Waals surface area contributed by atoms with Crippen LogP contribution in [0, 0.1) is 11.7 Å². The van der Waals surface area contributed by atoms with Gasteiger partial charge in [0.1, 0.15) is 5.82 Å². The van der Waals surface area contributed by atoms with E-state index >= 15 is 0 Å². The van der Waals surface area contributed by atoms with Crippen LogP contribution < -0.4 is 4.90 Å². The average Bonchev–Trinajstić information content (AvgIpc) is 2.89. The summed E-state index contributed by atoms with van der Waals surface area (Å²) in [4.78, 5) is 14.2. The van der Waals surface area contributed by atoms with Gasteiger partial charge in [0.15, 0.2) is 5.78 Å². The number of rotatable bonds is 5. The summed E-state index contributed by atoms with van der Waals surface area (Å²) >= 11 is 0. The second kappa shape index (κ2) is 6.38. The van der Waals surface area contributed by atoms with Crippen LogP contribution in [0.2, 0.25) is 0 Å². The average molecular weight is 277 g/mol. The highest BCUT2D eigenvalue weighted by Gasteiger charge is 2.26. The summed E-state index contributed by atoms with van der Waals surface area (Å²) in [7, 11) is 0. The molecule has 2 nitrogen and oxygen atoms in total. The van der Waals surface area contributed by atoms with Crippen molar-refractivity contribution in [1.82, 2.24) is 0 Å². The van der Waals surface area contributed by atoms with Crippen LogP contribution in [-0.4, -0.2) is 18.4 Å². The fourth-order valence-electron chi connectivity index (χ4n) is 3.09. The van der Waals surface area contributed by atoms with Crippen molar-refractivity contribution in [2.45, 2.75) is 52.5 Å². The van der Waals surface area contributed by atoms with E-state index < -0.39 is 0 Å². The minimum absolute atomic E-state index is 0.0637. The van der Waals surface area contributed by atoms with Gasteiger partial charge in [-0.1, -0.05) is 26.7 Å². The Hall–Kier alpha value is -1.38. The fourth-order valence-corrected chi connectivity index (χ4v) is 3.09. The Balaban J connectivity index is 2.39. The molecule has 1 aromatic rings. The molecule has 0 aliphatic heterocycles. The minimum atomic E-state index is -0.338. The molecule has 0 radical (unpaired) electrons. The molecule has 20 heavy (non-hydrogen) atoms. The lowest BCUT2D eigenvalue weighted by atomic mass is 10.0. The lowest BCUT2D eigenvalue weighted by molar-refractivity contribution is 0.101. The summed E-state index contributed by atoms with van der Waals surface area (Å²) in [5, 5.41) is 0. The van der Waals surface area contributed by atoms with E-state index in [0.29, 0.717) is 17.5 Å². The molecule has 0 N–H and O–H groups in total. The third-order valence-electron chi connectivity index (χ3n) is 3.97. The van der Waals surface area contributed by atoms with Crippen LogP contribution in [0.5, 0.6) is 0 Å². The lowest BCUT2D eigenvalue weighted by Crippen LogP contribution is -2.37. The number of Topliss-reactive ketones (excluding diaryl/α,β-unsaturated/α-hetero) is 1. The molecule has 1 aliphatic carbocycles. The summed E-state index contributed by atoms with van der Waals surface area (Å²) in [6.07, 6.45) is 4.83. The maximum Gasteiger partial charge on any atom is 0.161 e. The van der Waals surface area contributed by atoms with Crippen molar-refractivity contribution in [3.8, 4) is 0 Å². The summed E-state index contributed by atoms with van der Waals surface area (Å²) in [6, 6.07) is 5.09. The quantitative estimate of drug-likeness (QED) is 0.742. The van der Waals surface area contributed by atoms with Crippen molar-refractivity contribution in [2.24, 2.45) is 5.92 Å². The number of carbonyl (C=O) groups excluding carboxylic acids is 1. The number of hydrogen-bond acceptors (Lipinski definition) is 2. The molecule has 1 aromatic carbocycles. The zero-order chi connectivity index (χ0) is 14.7. The van der Waals surface area contributed by atoms with Gasteiger partial charge >= 0.3 is 0 Å². The molecule has 0 spiro atoms. The predicted molar refractivity (Wildman–Crippen MR) is 80.8 cm³/mol. The topological polar surface area (TPSA) is 20.3 Å². The maximum absolute atomic E-state index is 13.4. The van der Waals surface area contributed by atoms with Crippen LogP contribution in [0.25, 0.3) is 0 Å². The van der Waals surface area contributed by atoms with E-state index in [0.717, 1.165) is 12.2 Å². The molecule has 1 aliphatic rings. The first kappa shape index (κ1) is 15.0. The van der Waals surface area contributed by atoms with Gasteiger partial charge in [-0.15, -0.1) is 0 Å². The minimum Gasteiger partial charge on any atom is -0.368 e. The van der Waals surface area contributed by atoms with E-state index in [2.05, 4.69) is 18.7 Å². The molecule has 0 saturated heterocycles. The van der Waals surface area contributed by atoms with Gasteiger partial charge in [0, 0.05) is 23.8 Å². The third kappa shape index (κ3) is 3.38. The van der Waals surface area contributed by atoms with Gasteiger partial charge < -0.3 is 4.90 Å². The maximum atomic E-state index is 13.4. The number of benzene rings is 1. The van der Waals surface area contributed by atoms with Crippen molar-refractivity contribution < 1.29 is 9.18 Å². The first-order valence-corrected chi connectivity index (χ1v) is 7.56. The van der Waals surface area contributed by atoms with Crippen LogP contribution in [0.3, 0.4) is 0 Å². The van der Waals surface area contributed by atoms with E-state index in [1.165, 1.54) is 44.7 Å². The van der Waals surface area contributed by atoms with Crippen LogP contribution in [0.1, 0.15) is 56.8 Å². The van der Waals surface area contributed by atoms with E-state index in [-0.39, 0.29) is 11.6 Å². The predicted octanol–water partition coefficient (Wildman–Crippen LogP) is 4.43. The number of ketones is 1. The molecule has 1 fully saturated rings. The number of hydrogen-bond donors (Lipinski definition) is 0. The van der Waals surface area contributed by atoms with Crippen molar-refractivity contribution in [2.75, 3.05) is 11.4 Å². The molecule has 0 unspecified atom stereocenters. The number of anilines is 1. The Bertz CT molecular complexity index is 478. The molecule has 3 heteroatoms. The van der Waals surface area contributed by atoms with Gasteiger partial charge in [-0.2, -0.15) is 0 Å². The van der Waals surface area contributed by atoms with Crippen LogP contribution in [-0.2, 0) is 0 Å². The zero-order valence-electron chi connectivity index (χ0n) is 12.7. The van der Waals surface area contributed by atoms with Gasteiger partial charge in [0.25, 0.3) is 0 Å². The fraction of sp³-hybridized carbons (Fsp3) is 0.588. The molecule has 0 aromatic heterocycles. The second-order valence-corrected chi connectivity index (χ2v) is 6.20. The monoisotopic (exact) mass is 277 g/mol. The molecule has 0 bridgehead atoms. The molecule has 110 valence electrons. The smallest absolute Gasteiger partial charge is 0.161 e. The highest BCUT2D eigenvalue weighted by molar-refractivity contribution is 5.99. The molecule has 0 heterocycles. The van der Waals surface area contributed by atoms with E-state index in [1.807, 2.05) is 0 Å². The first-order chi connectivity index (χ1) is 9.49. The molecule has 0 atom stereocenters. The molecule has 2 rings (SSSR count). The van der Waals surface area contributed by atoms with E-state index in [9.17, 15) is 9.18 Å². The third-order valence-corrected chi connectivity index (χ3v) is 3.97. The van der Waals surface area contributed by atoms with Gasteiger partial charge in [0.2, 0.25) is 0 Å². The number of carbonyl (C=O) groups is 1. The van der Waals surface area contributed by atoms with Crippen LogP contribution in [0.15, 0.2) is 18.2 Å². The van der Waals surface area contributed by atoms with Gasteiger partial charge in [0.05, 0.1) is 0 Å². The SMILES string of the molecule is CC(=O)c1cc(F)ccc1N(CC(C)C)C1CCCC1. The first-order valence-electron chi connectivity index (χ1n) is 7.56. The van der Waals surface area contributed by atoms with Crippen molar-refractivity contribution in [3.63, 3.8) is 0 Å². The summed E-state index contributed by atoms with van der Waals surface area (Å²) in [6.45, 7) is 6.79. The summed E-state index contributed by atoms with van der Waals surface area (Å²) in [5.41, 5.74) is 1.41. The summed E-state index contributed by atoms with van der Waals surface area (Å²) < 4.78 is 13.4. The van der Waals surface area contributed by atoms with Crippen LogP contribution in [0.4, 0.5) is 10.1 Å². The molecular formula is C17H24FNO. The molecule has 0 amide bonds. The van der Waals surface area contributed by atoms with Crippen molar-refractivity contribution in [3.05, 3.63) is 29.6 Å². The zero-order valence-corrected chi connectivity index (χ0v) is 12.7. The Labute approximate surface area is 121 Å². The Morgan fingerprint density at radius 3 is 2.55 bits per heavy atom. The lowest BCUT2D eigenvalue weighted by Gasteiger charge is -2.34. The van der Waals surface area contributed by atoms with Gasteiger partial charge in [-0.05, 0) is 43.9 Å². The molecule has 1 saturated carbocycles. The number of halogens is 1. The van der Waals surface area contributed by atoms with Crippen molar-refractivity contribution in [1.29, 1.82) is 0 Å². The highest BCUT2D eigenvalue weighted by atomic mass is 19.1. The Morgan fingerprint density at radius 1 is 1.35 bits per heavy atom. The number of nitrogens with zero attached hydrogens (tertiary/aromatic N) is 1. The van der Waals surface area contributed by atoms with Gasteiger partial charge in [-0.3, -0.25) is 4.79 Å². The highest BCUT2D eigenvalue weighted by Crippen LogP contribution is 2.32. The van der Waals surface area contributed by atoms with Gasteiger partial charge in [-0.25, -0.2) is 4.39 Å². The van der Waals surface area contributed by atoms with Crippen molar-refractivity contribution >= 4 is 11.5 Å². The molecular weight excluding hydrogens is 253 g/mol. The summed E-state index contributed by atoms with van der Waals surface area (Å²) in [5.74, 6) is 0.113. The normalized spacial score (nSPS) is 15.8. The van der Waals surface area contributed by atoms with E-state index in [4.69, 9.17) is 0 Å². The Morgan fingerprint density at radius 2 is 2.00 bits per heavy atom. The largest absolute Gasteiger partial charge is 0.368 e. The second-order valence-electron chi connectivity index (χ2n) is 6.20. The standard InChI is InChI=1S/C17H24FNO/c1-12(2)11-19(15-6-4-5-7-15)17-9-8-14(18)10-16(17)13(3)20/h8-10,12,15H,4-7,11H2,1-3H3.